The Bertz CT molecular complexity index is 197. The third-order valence-electron chi connectivity index (χ3n) is 3.00. The Hall–Kier alpha value is -0.610. The van der Waals surface area contributed by atoms with E-state index in [-0.39, 0.29) is 5.91 Å². The number of carbonyl (C=O) groups is 1. The van der Waals surface area contributed by atoms with Gasteiger partial charge in [-0.05, 0) is 32.2 Å². The van der Waals surface area contributed by atoms with Crippen molar-refractivity contribution in [3.05, 3.63) is 0 Å². The molecule has 1 unspecified atom stereocenters. The highest BCUT2D eigenvalue weighted by Gasteiger charge is 2.15. The number of aliphatic hydroxyl groups is 1. The molecule has 0 spiro atoms. The van der Waals surface area contributed by atoms with Crippen LogP contribution in [0.3, 0.4) is 0 Å². The summed E-state index contributed by atoms with van der Waals surface area (Å²) in [5, 5.41) is 15.0. The van der Waals surface area contributed by atoms with E-state index in [1.54, 1.807) is 0 Å². The molecular formula is C12H24N2O2. The van der Waals surface area contributed by atoms with Crippen LogP contribution in [-0.2, 0) is 4.79 Å². The van der Waals surface area contributed by atoms with Gasteiger partial charge in [0.15, 0.2) is 0 Å². The second-order valence-electron chi connectivity index (χ2n) is 4.49. The molecule has 1 saturated heterocycles. The van der Waals surface area contributed by atoms with Gasteiger partial charge in [0.2, 0.25) is 5.91 Å². The molecule has 0 aromatic rings. The van der Waals surface area contributed by atoms with Crippen LogP contribution in [0, 0.1) is 0 Å². The number of amides is 1. The molecule has 1 heterocycles. The number of rotatable bonds is 7. The van der Waals surface area contributed by atoms with Crippen LogP contribution >= 0.6 is 0 Å². The van der Waals surface area contributed by atoms with Crippen molar-refractivity contribution in [3.63, 3.8) is 0 Å². The topological polar surface area (TPSA) is 61.4 Å². The van der Waals surface area contributed by atoms with Crippen molar-refractivity contribution in [1.29, 1.82) is 0 Å². The summed E-state index contributed by atoms with van der Waals surface area (Å²) in [6.45, 7) is 2.12. The van der Waals surface area contributed by atoms with Crippen LogP contribution in [0.5, 0.6) is 0 Å². The molecule has 16 heavy (non-hydrogen) atoms. The lowest BCUT2D eigenvalue weighted by atomic mass is 10.1. The molecule has 1 aliphatic heterocycles. The van der Waals surface area contributed by atoms with Crippen molar-refractivity contribution < 1.29 is 9.90 Å². The largest absolute Gasteiger partial charge is 0.396 e. The molecule has 0 aromatic heterocycles. The van der Waals surface area contributed by atoms with Crippen LogP contribution in [0.15, 0.2) is 0 Å². The van der Waals surface area contributed by atoms with Gasteiger partial charge in [-0.25, -0.2) is 0 Å². The Morgan fingerprint density at radius 1 is 1.31 bits per heavy atom. The fraction of sp³-hybridized carbons (Fsp3) is 0.917. The van der Waals surface area contributed by atoms with E-state index in [9.17, 15) is 4.79 Å². The van der Waals surface area contributed by atoms with Crippen molar-refractivity contribution in [3.8, 4) is 0 Å². The Balaban J connectivity index is 2.00. The molecule has 4 nitrogen and oxygen atoms in total. The van der Waals surface area contributed by atoms with Crippen molar-refractivity contribution >= 4 is 5.91 Å². The van der Waals surface area contributed by atoms with E-state index in [1.807, 2.05) is 0 Å². The lowest BCUT2D eigenvalue weighted by Gasteiger charge is -2.14. The van der Waals surface area contributed by atoms with Crippen LogP contribution in [0.25, 0.3) is 0 Å². The molecule has 1 fully saturated rings. The highest BCUT2D eigenvalue weighted by atomic mass is 16.2. The van der Waals surface area contributed by atoms with Gasteiger partial charge in [-0.1, -0.05) is 12.8 Å². The number of hydrogen-bond acceptors (Lipinski definition) is 3. The summed E-state index contributed by atoms with van der Waals surface area (Å²) in [7, 11) is 0. The molecule has 0 aliphatic carbocycles. The van der Waals surface area contributed by atoms with E-state index in [0.29, 0.717) is 19.1 Å². The third kappa shape index (κ3) is 6.08. The normalized spacial score (nSPS) is 21.6. The molecule has 0 bridgehead atoms. The zero-order valence-electron chi connectivity index (χ0n) is 10.0. The van der Waals surface area contributed by atoms with Crippen LogP contribution < -0.4 is 10.6 Å². The number of nitrogens with one attached hydrogen (secondary N) is 2. The zero-order chi connectivity index (χ0) is 11.6. The molecule has 0 saturated carbocycles. The molecule has 4 heteroatoms. The SMILES string of the molecule is O=C1CC(NCCCCCCO)CCCN1. The Morgan fingerprint density at radius 2 is 2.12 bits per heavy atom. The van der Waals surface area contributed by atoms with E-state index in [4.69, 9.17) is 5.11 Å². The smallest absolute Gasteiger partial charge is 0.221 e. The maximum absolute atomic E-state index is 11.3. The first-order valence-corrected chi connectivity index (χ1v) is 6.44. The maximum Gasteiger partial charge on any atom is 0.221 e. The van der Waals surface area contributed by atoms with E-state index in [0.717, 1.165) is 51.6 Å². The van der Waals surface area contributed by atoms with Crippen molar-refractivity contribution in [1.82, 2.24) is 10.6 Å². The minimum atomic E-state index is 0.176. The number of unbranched alkanes of at least 4 members (excludes halogenated alkanes) is 3. The van der Waals surface area contributed by atoms with Gasteiger partial charge >= 0.3 is 0 Å². The number of carbonyl (C=O) groups excluding carboxylic acids is 1. The lowest BCUT2D eigenvalue weighted by Crippen LogP contribution is -2.33. The summed E-state index contributed by atoms with van der Waals surface area (Å²) in [4.78, 5) is 11.3. The van der Waals surface area contributed by atoms with Gasteiger partial charge in [0.05, 0.1) is 0 Å². The van der Waals surface area contributed by atoms with Crippen LogP contribution in [-0.4, -0.2) is 36.8 Å². The van der Waals surface area contributed by atoms with Gasteiger partial charge in [0.1, 0.15) is 0 Å². The van der Waals surface area contributed by atoms with Crippen LogP contribution in [0.1, 0.15) is 44.9 Å². The van der Waals surface area contributed by atoms with E-state index in [2.05, 4.69) is 10.6 Å². The summed E-state index contributed by atoms with van der Waals surface area (Å²) in [6, 6.07) is 0.361. The molecule has 3 N–H and O–H groups in total. The highest BCUT2D eigenvalue weighted by Crippen LogP contribution is 2.06. The Kier molecular flexibility index (Phi) is 7.17. The lowest BCUT2D eigenvalue weighted by molar-refractivity contribution is -0.121. The summed E-state index contributed by atoms with van der Waals surface area (Å²) in [5.74, 6) is 0.176. The predicted octanol–water partition coefficient (Wildman–Crippen LogP) is 0.797. The summed E-state index contributed by atoms with van der Waals surface area (Å²) in [6.07, 6.45) is 7.10. The monoisotopic (exact) mass is 228 g/mol. The van der Waals surface area contributed by atoms with E-state index in [1.165, 1.54) is 0 Å². The average molecular weight is 228 g/mol. The van der Waals surface area contributed by atoms with Gasteiger partial charge in [-0.2, -0.15) is 0 Å². The van der Waals surface area contributed by atoms with Gasteiger partial charge in [-0.3, -0.25) is 4.79 Å². The molecule has 1 amide bonds. The second kappa shape index (κ2) is 8.53. The zero-order valence-corrected chi connectivity index (χ0v) is 10.0. The standard InChI is InChI=1S/C12H24N2O2/c15-9-4-2-1-3-7-13-11-6-5-8-14-12(16)10-11/h11,13,15H,1-10H2,(H,14,16). The molecule has 1 aliphatic rings. The van der Waals surface area contributed by atoms with E-state index >= 15 is 0 Å². The van der Waals surface area contributed by atoms with Crippen LogP contribution in [0.2, 0.25) is 0 Å². The van der Waals surface area contributed by atoms with Gasteiger partial charge in [-0.15, -0.1) is 0 Å². The second-order valence-corrected chi connectivity index (χ2v) is 4.49. The average Bonchev–Trinajstić information content (AvgIpc) is 2.48. The minimum Gasteiger partial charge on any atom is -0.396 e. The molecule has 0 aromatic carbocycles. The number of hydrogen-bond donors (Lipinski definition) is 3. The molecule has 94 valence electrons. The molecule has 1 atom stereocenters. The fourth-order valence-electron chi connectivity index (χ4n) is 2.05. The molecular weight excluding hydrogens is 204 g/mol. The first-order valence-electron chi connectivity index (χ1n) is 6.44. The highest BCUT2D eigenvalue weighted by molar-refractivity contribution is 5.76. The summed E-state index contributed by atoms with van der Waals surface area (Å²) >= 11 is 0. The van der Waals surface area contributed by atoms with Crippen molar-refractivity contribution in [2.45, 2.75) is 51.0 Å². The Morgan fingerprint density at radius 3 is 2.94 bits per heavy atom. The molecule has 0 radical (unpaired) electrons. The van der Waals surface area contributed by atoms with Gasteiger partial charge < -0.3 is 15.7 Å². The van der Waals surface area contributed by atoms with Gasteiger partial charge in [0, 0.05) is 25.6 Å². The maximum atomic E-state index is 11.3. The predicted molar refractivity (Wildman–Crippen MR) is 64.2 cm³/mol. The summed E-state index contributed by atoms with van der Waals surface area (Å²) in [5.41, 5.74) is 0. The van der Waals surface area contributed by atoms with E-state index < -0.39 is 0 Å². The number of aliphatic hydroxyl groups excluding tert-OH is 1. The summed E-state index contributed by atoms with van der Waals surface area (Å²) < 4.78 is 0. The minimum absolute atomic E-state index is 0.176. The quantitative estimate of drug-likeness (QED) is 0.565. The van der Waals surface area contributed by atoms with Crippen molar-refractivity contribution in [2.75, 3.05) is 19.7 Å². The van der Waals surface area contributed by atoms with Gasteiger partial charge in [0.25, 0.3) is 0 Å². The fourth-order valence-corrected chi connectivity index (χ4v) is 2.05. The Labute approximate surface area is 97.8 Å². The first-order chi connectivity index (χ1) is 7.83. The molecule has 1 rings (SSSR count). The first kappa shape index (κ1) is 13.5. The third-order valence-corrected chi connectivity index (χ3v) is 3.00. The van der Waals surface area contributed by atoms with Crippen molar-refractivity contribution in [2.24, 2.45) is 0 Å². The van der Waals surface area contributed by atoms with Crippen LogP contribution in [0.4, 0.5) is 0 Å².